The molecule has 4 nitrogen and oxygen atoms in total. The van der Waals surface area contributed by atoms with Gasteiger partial charge in [-0.05, 0) is 58.7 Å². The van der Waals surface area contributed by atoms with Crippen LogP contribution >= 0.6 is 0 Å². The number of hydrogen-bond donors (Lipinski definition) is 2. The molecule has 1 fully saturated rings. The van der Waals surface area contributed by atoms with Crippen LogP contribution in [0, 0.1) is 0 Å². The van der Waals surface area contributed by atoms with Crippen molar-refractivity contribution >= 4 is 5.91 Å². The number of nitrogens with one attached hydrogen (secondary N) is 1. The Morgan fingerprint density at radius 2 is 2.00 bits per heavy atom. The second kappa shape index (κ2) is 7.10. The highest BCUT2D eigenvalue weighted by Crippen LogP contribution is 2.31. The smallest absolute Gasteiger partial charge is 0.237 e. The number of amides is 1. The van der Waals surface area contributed by atoms with E-state index < -0.39 is 5.54 Å². The SMILES string of the molecule is CCCN(CCC)C1CCCC(NC)(C(N)=O)C1. The standard InChI is InChI=1S/C14H29N3O/c1-4-9-17(10-5-2)12-7-6-8-14(11-12,16-3)13(15)18/h12,16H,4-11H2,1-3H3,(H2,15,18). The minimum absolute atomic E-state index is 0.192. The zero-order valence-electron chi connectivity index (χ0n) is 12.2. The van der Waals surface area contributed by atoms with Gasteiger partial charge in [0.1, 0.15) is 0 Å². The minimum Gasteiger partial charge on any atom is -0.368 e. The number of nitrogens with zero attached hydrogens (tertiary/aromatic N) is 1. The number of primary amides is 1. The van der Waals surface area contributed by atoms with Crippen LogP contribution in [0.1, 0.15) is 52.4 Å². The monoisotopic (exact) mass is 255 g/mol. The molecule has 1 aliphatic carbocycles. The lowest BCUT2D eigenvalue weighted by Gasteiger charge is -2.43. The van der Waals surface area contributed by atoms with E-state index in [0.717, 1.165) is 32.4 Å². The third-order valence-electron chi connectivity index (χ3n) is 4.21. The maximum Gasteiger partial charge on any atom is 0.237 e. The number of carbonyl (C=O) groups is 1. The molecule has 1 aliphatic rings. The second-order valence-corrected chi connectivity index (χ2v) is 5.48. The van der Waals surface area contributed by atoms with E-state index in [1.165, 1.54) is 19.3 Å². The van der Waals surface area contributed by atoms with Crippen LogP contribution in [0.15, 0.2) is 0 Å². The van der Waals surface area contributed by atoms with Crippen LogP contribution in [-0.2, 0) is 4.79 Å². The van der Waals surface area contributed by atoms with Gasteiger partial charge in [-0.15, -0.1) is 0 Å². The molecule has 1 rings (SSSR count). The Balaban J connectivity index is 2.74. The molecule has 4 heteroatoms. The largest absolute Gasteiger partial charge is 0.368 e. The maximum absolute atomic E-state index is 11.7. The van der Waals surface area contributed by atoms with Crippen molar-refractivity contribution in [2.45, 2.75) is 64.0 Å². The van der Waals surface area contributed by atoms with Crippen LogP contribution in [0.25, 0.3) is 0 Å². The molecule has 0 bridgehead atoms. The van der Waals surface area contributed by atoms with E-state index >= 15 is 0 Å². The Morgan fingerprint density at radius 1 is 1.39 bits per heavy atom. The van der Waals surface area contributed by atoms with Gasteiger partial charge in [0.25, 0.3) is 0 Å². The fraction of sp³-hybridized carbons (Fsp3) is 0.929. The van der Waals surface area contributed by atoms with Gasteiger partial charge in [0.15, 0.2) is 0 Å². The topological polar surface area (TPSA) is 58.4 Å². The van der Waals surface area contributed by atoms with Crippen LogP contribution in [0.5, 0.6) is 0 Å². The number of likely N-dealkylation sites (N-methyl/N-ethyl adjacent to an activating group) is 1. The average molecular weight is 255 g/mol. The maximum atomic E-state index is 11.7. The zero-order valence-corrected chi connectivity index (χ0v) is 12.2. The molecule has 0 saturated heterocycles. The molecule has 0 aromatic heterocycles. The summed E-state index contributed by atoms with van der Waals surface area (Å²) in [5.41, 5.74) is 5.12. The van der Waals surface area contributed by atoms with E-state index in [1.54, 1.807) is 0 Å². The van der Waals surface area contributed by atoms with Gasteiger partial charge >= 0.3 is 0 Å². The van der Waals surface area contributed by atoms with Crippen molar-refractivity contribution in [1.82, 2.24) is 10.2 Å². The summed E-state index contributed by atoms with van der Waals surface area (Å²) in [5, 5.41) is 3.18. The first kappa shape index (κ1) is 15.4. The van der Waals surface area contributed by atoms with Gasteiger partial charge in [-0.3, -0.25) is 4.79 Å². The van der Waals surface area contributed by atoms with Crippen molar-refractivity contribution < 1.29 is 4.79 Å². The second-order valence-electron chi connectivity index (χ2n) is 5.48. The van der Waals surface area contributed by atoms with Crippen LogP contribution in [-0.4, -0.2) is 42.5 Å². The first-order valence-corrected chi connectivity index (χ1v) is 7.32. The van der Waals surface area contributed by atoms with Crippen LogP contribution < -0.4 is 11.1 Å². The molecule has 1 amide bonds. The summed E-state index contributed by atoms with van der Waals surface area (Å²) >= 11 is 0. The normalized spacial score (nSPS) is 28.6. The Labute approximate surface area is 111 Å². The zero-order chi connectivity index (χ0) is 13.6. The predicted molar refractivity (Wildman–Crippen MR) is 75.4 cm³/mol. The summed E-state index contributed by atoms with van der Waals surface area (Å²) in [4.78, 5) is 14.3. The summed E-state index contributed by atoms with van der Waals surface area (Å²) in [6.45, 7) is 6.67. The third kappa shape index (κ3) is 3.45. The van der Waals surface area contributed by atoms with Gasteiger partial charge < -0.3 is 16.0 Å². The van der Waals surface area contributed by atoms with E-state index in [9.17, 15) is 4.79 Å². The highest BCUT2D eigenvalue weighted by atomic mass is 16.1. The molecule has 0 spiro atoms. The quantitative estimate of drug-likeness (QED) is 0.725. The number of nitrogens with two attached hydrogens (primary N) is 1. The summed E-state index contributed by atoms with van der Waals surface area (Å²) in [6.07, 6.45) is 6.34. The Morgan fingerprint density at radius 3 is 2.44 bits per heavy atom. The molecule has 18 heavy (non-hydrogen) atoms. The average Bonchev–Trinajstić information content (AvgIpc) is 2.38. The Kier molecular flexibility index (Phi) is 6.09. The lowest BCUT2D eigenvalue weighted by Crippen LogP contribution is -2.59. The van der Waals surface area contributed by atoms with Crippen molar-refractivity contribution in [3.63, 3.8) is 0 Å². The van der Waals surface area contributed by atoms with E-state index in [1.807, 2.05) is 7.05 Å². The lowest BCUT2D eigenvalue weighted by atomic mass is 9.78. The van der Waals surface area contributed by atoms with Gasteiger partial charge in [0.05, 0.1) is 5.54 Å². The molecule has 2 atom stereocenters. The van der Waals surface area contributed by atoms with Gasteiger partial charge in [-0.25, -0.2) is 0 Å². The van der Waals surface area contributed by atoms with Crippen molar-refractivity contribution in [2.75, 3.05) is 20.1 Å². The molecule has 0 radical (unpaired) electrons. The van der Waals surface area contributed by atoms with Gasteiger partial charge in [0, 0.05) is 6.04 Å². The van der Waals surface area contributed by atoms with Gasteiger partial charge in [-0.1, -0.05) is 13.8 Å². The summed E-state index contributed by atoms with van der Waals surface area (Å²) in [6, 6.07) is 0.499. The highest BCUT2D eigenvalue weighted by Gasteiger charge is 2.41. The third-order valence-corrected chi connectivity index (χ3v) is 4.21. The fourth-order valence-electron chi connectivity index (χ4n) is 3.18. The van der Waals surface area contributed by atoms with E-state index in [4.69, 9.17) is 5.73 Å². The van der Waals surface area contributed by atoms with Crippen molar-refractivity contribution in [3.8, 4) is 0 Å². The molecular weight excluding hydrogens is 226 g/mol. The van der Waals surface area contributed by atoms with E-state index in [-0.39, 0.29) is 5.91 Å². The molecular formula is C14H29N3O. The number of hydrogen-bond acceptors (Lipinski definition) is 3. The molecule has 0 aliphatic heterocycles. The van der Waals surface area contributed by atoms with Crippen molar-refractivity contribution in [1.29, 1.82) is 0 Å². The Hall–Kier alpha value is -0.610. The van der Waals surface area contributed by atoms with Crippen molar-refractivity contribution in [2.24, 2.45) is 5.73 Å². The van der Waals surface area contributed by atoms with Gasteiger partial charge in [0.2, 0.25) is 5.91 Å². The molecule has 3 N–H and O–H groups in total. The molecule has 0 aromatic carbocycles. The first-order valence-electron chi connectivity index (χ1n) is 7.32. The minimum atomic E-state index is -0.483. The lowest BCUT2D eigenvalue weighted by molar-refractivity contribution is -0.126. The molecule has 2 unspecified atom stereocenters. The molecule has 0 aromatic rings. The highest BCUT2D eigenvalue weighted by molar-refractivity contribution is 5.84. The summed E-state index contributed by atoms with van der Waals surface area (Å²) in [7, 11) is 1.86. The molecule has 1 saturated carbocycles. The van der Waals surface area contributed by atoms with Crippen LogP contribution in [0.2, 0.25) is 0 Å². The van der Waals surface area contributed by atoms with Crippen LogP contribution in [0.4, 0.5) is 0 Å². The van der Waals surface area contributed by atoms with E-state index in [2.05, 4.69) is 24.1 Å². The Bertz CT molecular complexity index is 264. The van der Waals surface area contributed by atoms with Crippen molar-refractivity contribution in [3.05, 3.63) is 0 Å². The molecule has 0 heterocycles. The molecule has 106 valence electrons. The number of carbonyl (C=O) groups excluding carboxylic acids is 1. The number of rotatable bonds is 7. The summed E-state index contributed by atoms with van der Waals surface area (Å²) in [5.74, 6) is -0.192. The predicted octanol–water partition coefficient (Wildman–Crippen LogP) is 1.49. The summed E-state index contributed by atoms with van der Waals surface area (Å²) < 4.78 is 0. The fourth-order valence-corrected chi connectivity index (χ4v) is 3.18. The first-order chi connectivity index (χ1) is 8.59. The van der Waals surface area contributed by atoms with E-state index in [0.29, 0.717) is 6.04 Å². The van der Waals surface area contributed by atoms with Gasteiger partial charge in [-0.2, -0.15) is 0 Å². The van der Waals surface area contributed by atoms with Crippen LogP contribution in [0.3, 0.4) is 0 Å².